The molecule has 1 aromatic rings. The Kier molecular flexibility index (Phi) is 8.08. The van der Waals surface area contributed by atoms with E-state index in [-0.39, 0.29) is 11.7 Å². The SMILES string of the molecule is C=C[C@H]([C@H](O)CC/C(C)=C/c1cc(I)c(O)c(OC)c1)[C@@H](C)O. The molecule has 3 atom stereocenters. The van der Waals surface area contributed by atoms with E-state index in [2.05, 4.69) is 29.2 Å². The number of benzene rings is 1. The molecule has 0 bridgehead atoms. The summed E-state index contributed by atoms with van der Waals surface area (Å²) in [7, 11) is 1.52. The first-order valence-corrected chi connectivity index (χ1v) is 8.60. The minimum Gasteiger partial charge on any atom is -0.504 e. The van der Waals surface area contributed by atoms with Crippen LogP contribution in [0.2, 0.25) is 0 Å². The number of allylic oxidation sites excluding steroid dienone is 1. The summed E-state index contributed by atoms with van der Waals surface area (Å²) >= 11 is 2.06. The van der Waals surface area contributed by atoms with E-state index in [9.17, 15) is 15.3 Å². The fraction of sp³-hybridized carbons (Fsp3) is 0.444. The van der Waals surface area contributed by atoms with Crippen LogP contribution < -0.4 is 4.74 Å². The van der Waals surface area contributed by atoms with Crippen molar-refractivity contribution in [1.82, 2.24) is 0 Å². The van der Waals surface area contributed by atoms with Gasteiger partial charge in [0.1, 0.15) is 0 Å². The van der Waals surface area contributed by atoms with Crippen LogP contribution in [0.3, 0.4) is 0 Å². The lowest BCUT2D eigenvalue weighted by Crippen LogP contribution is -2.28. The van der Waals surface area contributed by atoms with Crippen molar-refractivity contribution in [1.29, 1.82) is 0 Å². The molecule has 0 saturated heterocycles. The van der Waals surface area contributed by atoms with E-state index in [4.69, 9.17) is 4.74 Å². The van der Waals surface area contributed by atoms with Gasteiger partial charge in [0, 0.05) is 5.92 Å². The fourth-order valence-corrected chi connectivity index (χ4v) is 3.06. The number of phenols is 1. The summed E-state index contributed by atoms with van der Waals surface area (Å²) in [6, 6.07) is 3.65. The maximum absolute atomic E-state index is 10.1. The monoisotopic (exact) mass is 432 g/mol. The second-order valence-electron chi connectivity index (χ2n) is 5.70. The third-order valence-corrected chi connectivity index (χ3v) is 4.61. The van der Waals surface area contributed by atoms with Gasteiger partial charge in [0.25, 0.3) is 0 Å². The number of ether oxygens (including phenoxy) is 1. The Morgan fingerprint density at radius 2 is 2.04 bits per heavy atom. The second-order valence-corrected chi connectivity index (χ2v) is 6.87. The highest BCUT2D eigenvalue weighted by Gasteiger charge is 2.20. The van der Waals surface area contributed by atoms with Crippen molar-refractivity contribution in [3.05, 3.63) is 39.5 Å². The maximum Gasteiger partial charge on any atom is 0.171 e. The molecule has 128 valence electrons. The van der Waals surface area contributed by atoms with Crippen LogP contribution in [-0.2, 0) is 0 Å². The van der Waals surface area contributed by atoms with Gasteiger partial charge in [-0.15, -0.1) is 6.58 Å². The summed E-state index contributed by atoms with van der Waals surface area (Å²) in [5.41, 5.74) is 2.04. The normalized spacial score (nSPS) is 15.8. The fourth-order valence-electron chi connectivity index (χ4n) is 2.43. The minimum absolute atomic E-state index is 0.143. The van der Waals surface area contributed by atoms with Crippen LogP contribution in [0.1, 0.15) is 32.3 Å². The number of rotatable bonds is 8. The summed E-state index contributed by atoms with van der Waals surface area (Å²) in [5, 5.41) is 29.6. The molecular formula is C18H25IO4. The summed E-state index contributed by atoms with van der Waals surface area (Å²) in [5.74, 6) is 0.262. The molecule has 0 unspecified atom stereocenters. The quantitative estimate of drug-likeness (QED) is 0.433. The number of hydrogen-bond acceptors (Lipinski definition) is 4. The largest absolute Gasteiger partial charge is 0.504 e. The molecule has 3 N–H and O–H groups in total. The predicted molar refractivity (Wildman–Crippen MR) is 102 cm³/mol. The summed E-state index contributed by atoms with van der Waals surface area (Å²) < 4.78 is 5.88. The van der Waals surface area contributed by atoms with Gasteiger partial charge in [-0.1, -0.05) is 17.7 Å². The van der Waals surface area contributed by atoms with Gasteiger partial charge < -0.3 is 20.1 Å². The van der Waals surface area contributed by atoms with Crippen molar-refractivity contribution >= 4 is 28.7 Å². The van der Waals surface area contributed by atoms with E-state index in [1.165, 1.54) is 7.11 Å². The number of methoxy groups -OCH3 is 1. The van der Waals surface area contributed by atoms with Crippen molar-refractivity contribution in [2.75, 3.05) is 7.11 Å². The number of hydrogen-bond donors (Lipinski definition) is 3. The number of aromatic hydroxyl groups is 1. The third kappa shape index (κ3) is 5.82. The lowest BCUT2D eigenvalue weighted by molar-refractivity contribution is 0.0422. The van der Waals surface area contributed by atoms with Crippen molar-refractivity contribution in [2.45, 2.75) is 38.9 Å². The molecule has 0 saturated carbocycles. The molecule has 0 heterocycles. The Morgan fingerprint density at radius 1 is 1.39 bits per heavy atom. The van der Waals surface area contributed by atoms with E-state index in [0.29, 0.717) is 18.6 Å². The summed E-state index contributed by atoms with van der Waals surface area (Å²) in [6.07, 6.45) is 3.62. The average molecular weight is 432 g/mol. The molecule has 23 heavy (non-hydrogen) atoms. The van der Waals surface area contributed by atoms with Crippen LogP contribution >= 0.6 is 22.6 Å². The molecule has 1 aromatic carbocycles. The third-order valence-electron chi connectivity index (χ3n) is 3.79. The highest BCUT2D eigenvalue weighted by Crippen LogP contribution is 2.33. The van der Waals surface area contributed by atoms with Gasteiger partial charge in [-0.2, -0.15) is 0 Å². The molecule has 0 aliphatic heterocycles. The van der Waals surface area contributed by atoms with Gasteiger partial charge in [-0.25, -0.2) is 0 Å². The van der Waals surface area contributed by atoms with Crippen molar-refractivity contribution in [2.24, 2.45) is 5.92 Å². The number of aliphatic hydroxyl groups excluding tert-OH is 2. The molecular weight excluding hydrogens is 407 g/mol. The first-order valence-electron chi connectivity index (χ1n) is 7.52. The highest BCUT2D eigenvalue weighted by atomic mass is 127. The van der Waals surface area contributed by atoms with E-state index in [1.54, 1.807) is 19.1 Å². The molecule has 1 rings (SSSR count). The van der Waals surface area contributed by atoms with Crippen LogP contribution in [0, 0.1) is 9.49 Å². The number of phenolic OH excluding ortho intramolecular Hbond substituents is 1. The van der Waals surface area contributed by atoms with Gasteiger partial charge in [-0.05, 0) is 67.0 Å². The first-order chi connectivity index (χ1) is 10.8. The zero-order valence-electron chi connectivity index (χ0n) is 13.8. The van der Waals surface area contributed by atoms with Gasteiger partial charge in [0.15, 0.2) is 11.5 Å². The lowest BCUT2D eigenvalue weighted by Gasteiger charge is -2.22. The Balaban J connectivity index is 2.78. The lowest BCUT2D eigenvalue weighted by atomic mass is 9.92. The van der Waals surface area contributed by atoms with Crippen molar-refractivity contribution < 1.29 is 20.1 Å². The molecule has 0 amide bonds. The van der Waals surface area contributed by atoms with E-state index in [0.717, 1.165) is 14.7 Å². The van der Waals surface area contributed by atoms with E-state index in [1.807, 2.05) is 19.1 Å². The highest BCUT2D eigenvalue weighted by molar-refractivity contribution is 14.1. The smallest absolute Gasteiger partial charge is 0.171 e. The molecule has 0 aliphatic carbocycles. The first kappa shape index (κ1) is 20.0. The van der Waals surface area contributed by atoms with E-state index >= 15 is 0 Å². The molecule has 5 heteroatoms. The van der Waals surface area contributed by atoms with Gasteiger partial charge in [0.2, 0.25) is 0 Å². The van der Waals surface area contributed by atoms with Gasteiger partial charge >= 0.3 is 0 Å². The van der Waals surface area contributed by atoms with Crippen molar-refractivity contribution in [3.8, 4) is 11.5 Å². The van der Waals surface area contributed by atoms with Gasteiger partial charge in [-0.3, -0.25) is 0 Å². The zero-order chi connectivity index (χ0) is 17.6. The molecule has 0 aromatic heterocycles. The minimum atomic E-state index is -0.620. The topological polar surface area (TPSA) is 69.9 Å². The molecule has 0 aliphatic rings. The predicted octanol–water partition coefficient (Wildman–Crippen LogP) is 3.73. The van der Waals surface area contributed by atoms with Gasteiger partial charge in [0.05, 0.1) is 22.9 Å². The molecule has 0 radical (unpaired) electrons. The number of halogens is 1. The average Bonchev–Trinajstić information content (AvgIpc) is 2.49. The van der Waals surface area contributed by atoms with Crippen LogP contribution in [0.15, 0.2) is 30.4 Å². The Bertz CT molecular complexity index is 566. The standard InChI is InChI=1S/C18H25IO4/c1-5-14(12(3)20)16(21)7-6-11(2)8-13-9-15(19)18(22)17(10-13)23-4/h5,8-10,12,14,16,20-22H,1,6-7H2,2-4H3/b11-8+/t12-,14+,16-/m1/s1. The van der Waals surface area contributed by atoms with Crippen LogP contribution in [0.5, 0.6) is 11.5 Å². The van der Waals surface area contributed by atoms with Crippen LogP contribution in [0.25, 0.3) is 6.08 Å². The van der Waals surface area contributed by atoms with Crippen LogP contribution in [0.4, 0.5) is 0 Å². The molecule has 4 nitrogen and oxygen atoms in total. The maximum atomic E-state index is 10.1. The summed E-state index contributed by atoms with van der Waals surface area (Å²) in [4.78, 5) is 0. The number of aliphatic hydroxyl groups is 2. The Hall–Kier alpha value is -1.05. The zero-order valence-corrected chi connectivity index (χ0v) is 15.9. The summed E-state index contributed by atoms with van der Waals surface area (Å²) in [6.45, 7) is 7.31. The molecule has 0 fully saturated rings. The Labute approximate surface area is 151 Å². The Morgan fingerprint density at radius 3 is 2.57 bits per heavy atom. The van der Waals surface area contributed by atoms with E-state index < -0.39 is 12.2 Å². The van der Waals surface area contributed by atoms with Crippen molar-refractivity contribution in [3.63, 3.8) is 0 Å². The molecule has 0 spiro atoms. The second kappa shape index (κ2) is 9.30. The van der Waals surface area contributed by atoms with Crippen LogP contribution in [-0.4, -0.2) is 34.6 Å².